The molecule has 0 atom stereocenters. The highest BCUT2D eigenvalue weighted by atomic mass is 79.9. The lowest BCUT2D eigenvalue weighted by Crippen LogP contribution is -2.24. The van der Waals surface area contributed by atoms with Crippen LogP contribution in [0.1, 0.15) is 46.1 Å². The maximum Gasteiger partial charge on any atom is 0.257 e. The Morgan fingerprint density at radius 3 is 2.59 bits per heavy atom. The fourth-order valence-corrected chi connectivity index (χ4v) is 3.64. The molecular weight excluding hydrogens is 466 g/mol. The third-order valence-electron chi connectivity index (χ3n) is 4.55. The average Bonchev–Trinajstić information content (AvgIpc) is 3.20. The van der Waals surface area contributed by atoms with Gasteiger partial charge in [0.2, 0.25) is 0 Å². The molecule has 0 saturated carbocycles. The number of hydrogen-bond donors (Lipinski definition) is 2. The van der Waals surface area contributed by atoms with Crippen molar-refractivity contribution in [2.45, 2.75) is 47.1 Å². The summed E-state index contributed by atoms with van der Waals surface area (Å²) in [5, 5.41) is 11.8. The van der Waals surface area contributed by atoms with Gasteiger partial charge in [0, 0.05) is 42.8 Å². The summed E-state index contributed by atoms with van der Waals surface area (Å²) in [5.74, 6) is -0.121. The SMILES string of the molecule is CC.CC.Cn1cc2ccc(NC(=O)C3=CCCC=C3NCc3ccnc(Br)c3)cc2n1. The molecule has 0 bridgehead atoms. The first-order valence-corrected chi connectivity index (χ1v) is 11.9. The highest BCUT2D eigenvalue weighted by Crippen LogP contribution is 2.22. The molecule has 2 heterocycles. The molecule has 1 aromatic carbocycles. The van der Waals surface area contributed by atoms with Crippen LogP contribution in [0.4, 0.5) is 5.69 Å². The van der Waals surface area contributed by atoms with Crippen molar-refractivity contribution in [1.29, 1.82) is 0 Å². The summed E-state index contributed by atoms with van der Waals surface area (Å²) in [6.45, 7) is 8.62. The van der Waals surface area contributed by atoms with Gasteiger partial charge in [-0.2, -0.15) is 5.10 Å². The molecule has 0 fully saturated rings. The molecule has 2 aromatic heterocycles. The zero-order chi connectivity index (χ0) is 23.5. The molecular formula is C25H32BrN5O. The number of nitrogens with zero attached hydrogens (tertiary/aromatic N) is 3. The molecule has 6 nitrogen and oxygen atoms in total. The van der Waals surface area contributed by atoms with Gasteiger partial charge in [-0.25, -0.2) is 4.98 Å². The fourth-order valence-electron chi connectivity index (χ4n) is 3.22. The van der Waals surface area contributed by atoms with Crippen LogP contribution >= 0.6 is 15.9 Å². The number of halogens is 1. The van der Waals surface area contributed by atoms with Crippen LogP contribution in [0.5, 0.6) is 0 Å². The first-order chi connectivity index (χ1) is 15.6. The molecule has 2 N–H and O–H groups in total. The van der Waals surface area contributed by atoms with Gasteiger partial charge in [-0.05, 0) is 64.7 Å². The summed E-state index contributed by atoms with van der Waals surface area (Å²) in [6, 6.07) is 9.66. The summed E-state index contributed by atoms with van der Waals surface area (Å²) in [6.07, 6.45) is 9.54. The van der Waals surface area contributed by atoms with Gasteiger partial charge in [-0.15, -0.1) is 0 Å². The van der Waals surface area contributed by atoms with E-state index in [9.17, 15) is 4.79 Å². The number of hydrogen-bond acceptors (Lipinski definition) is 4. The minimum absolute atomic E-state index is 0.121. The third kappa shape index (κ3) is 6.79. The molecule has 1 aliphatic carbocycles. The first-order valence-electron chi connectivity index (χ1n) is 11.1. The van der Waals surface area contributed by atoms with E-state index in [4.69, 9.17) is 0 Å². The number of rotatable bonds is 5. The Balaban J connectivity index is 0.000000860. The number of fused-ring (bicyclic) bond motifs is 1. The van der Waals surface area contributed by atoms with E-state index in [0.717, 1.165) is 45.3 Å². The first kappa shape index (κ1) is 25.3. The van der Waals surface area contributed by atoms with Crippen LogP contribution in [-0.4, -0.2) is 20.7 Å². The van der Waals surface area contributed by atoms with Gasteiger partial charge in [0.05, 0.1) is 11.1 Å². The normalized spacial score (nSPS) is 12.4. The second kappa shape index (κ2) is 12.8. The van der Waals surface area contributed by atoms with E-state index in [2.05, 4.69) is 42.7 Å². The van der Waals surface area contributed by atoms with E-state index >= 15 is 0 Å². The van der Waals surface area contributed by atoms with Crippen LogP contribution in [0, 0.1) is 0 Å². The van der Waals surface area contributed by atoms with Crippen molar-refractivity contribution in [2.75, 3.05) is 5.32 Å². The van der Waals surface area contributed by atoms with Crippen LogP contribution in [0.25, 0.3) is 10.9 Å². The van der Waals surface area contributed by atoms with Gasteiger partial charge >= 0.3 is 0 Å². The number of carbonyl (C=O) groups excluding carboxylic acids is 1. The molecule has 0 unspecified atom stereocenters. The highest BCUT2D eigenvalue weighted by Gasteiger charge is 2.17. The fraction of sp³-hybridized carbons (Fsp3) is 0.320. The molecule has 3 aromatic rings. The third-order valence-corrected chi connectivity index (χ3v) is 4.99. The summed E-state index contributed by atoms with van der Waals surface area (Å²) in [4.78, 5) is 17.0. The van der Waals surface area contributed by atoms with E-state index < -0.39 is 0 Å². The summed E-state index contributed by atoms with van der Waals surface area (Å²) in [5.41, 5.74) is 4.21. The Morgan fingerprint density at radius 1 is 1.09 bits per heavy atom. The molecule has 4 rings (SSSR count). The predicted molar refractivity (Wildman–Crippen MR) is 136 cm³/mol. The topological polar surface area (TPSA) is 71.8 Å². The van der Waals surface area contributed by atoms with Crippen molar-refractivity contribution >= 4 is 38.4 Å². The van der Waals surface area contributed by atoms with Crippen LogP contribution in [0.3, 0.4) is 0 Å². The van der Waals surface area contributed by atoms with Gasteiger partial charge in [0.25, 0.3) is 5.91 Å². The Morgan fingerprint density at radius 2 is 1.84 bits per heavy atom. The van der Waals surface area contributed by atoms with Crippen LogP contribution in [-0.2, 0) is 18.4 Å². The molecule has 0 aliphatic heterocycles. The van der Waals surface area contributed by atoms with Gasteiger partial charge in [-0.3, -0.25) is 9.48 Å². The van der Waals surface area contributed by atoms with Crippen molar-refractivity contribution < 1.29 is 4.79 Å². The van der Waals surface area contributed by atoms with E-state index in [1.165, 1.54) is 0 Å². The Bertz CT molecular complexity index is 1100. The van der Waals surface area contributed by atoms with Crippen molar-refractivity contribution in [3.63, 3.8) is 0 Å². The van der Waals surface area contributed by atoms with Crippen LogP contribution in [0.2, 0.25) is 0 Å². The Hall–Kier alpha value is -2.93. The zero-order valence-electron chi connectivity index (χ0n) is 19.4. The summed E-state index contributed by atoms with van der Waals surface area (Å²) in [7, 11) is 1.88. The van der Waals surface area contributed by atoms with Crippen LogP contribution < -0.4 is 10.6 Å². The van der Waals surface area contributed by atoms with Gasteiger partial charge in [-0.1, -0.05) is 39.8 Å². The standard InChI is InChI=1S/C21H20BrN5O.2C2H6/c1-27-13-15-6-7-16(11-19(15)26-27)25-21(28)17-4-2-3-5-18(17)24-12-14-8-9-23-20(22)10-14;2*1-2/h4-11,13,24H,2-3,12H2,1H3,(H,25,28);2*1-2H3. The largest absolute Gasteiger partial charge is 0.381 e. The molecule has 0 saturated heterocycles. The van der Waals surface area contributed by atoms with Crippen molar-refractivity contribution in [1.82, 2.24) is 20.1 Å². The lowest BCUT2D eigenvalue weighted by molar-refractivity contribution is -0.112. The molecule has 7 heteroatoms. The molecule has 1 aliphatic rings. The van der Waals surface area contributed by atoms with E-state index in [0.29, 0.717) is 12.1 Å². The number of aryl methyl sites for hydroxylation is 1. The number of nitrogens with one attached hydrogen (secondary N) is 2. The smallest absolute Gasteiger partial charge is 0.257 e. The average molecular weight is 498 g/mol. The molecule has 170 valence electrons. The van der Waals surface area contributed by atoms with Crippen molar-refractivity contribution in [3.05, 3.63) is 76.3 Å². The second-order valence-corrected chi connectivity index (χ2v) is 7.50. The number of aromatic nitrogens is 3. The van der Waals surface area contributed by atoms with Gasteiger partial charge in [0.1, 0.15) is 4.60 Å². The van der Waals surface area contributed by atoms with Gasteiger partial charge in [0.15, 0.2) is 0 Å². The molecule has 32 heavy (non-hydrogen) atoms. The Labute approximate surface area is 198 Å². The number of allylic oxidation sites excluding steroid dienone is 2. The Kier molecular flexibility index (Phi) is 10.1. The summed E-state index contributed by atoms with van der Waals surface area (Å²) >= 11 is 3.38. The summed E-state index contributed by atoms with van der Waals surface area (Å²) < 4.78 is 2.56. The highest BCUT2D eigenvalue weighted by molar-refractivity contribution is 9.10. The van der Waals surface area contributed by atoms with Crippen molar-refractivity contribution in [2.24, 2.45) is 7.05 Å². The maximum atomic E-state index is 12.9. The van der Waals surface area contributed by atoms with E-state index in [1.54, 1.807) is 10.9 Å². The molecule has 0 radical (unpaired) electrons. The zero-order valence-corrected chi connectivity index (χ0v) is 21.0. The number of benzene rings is 1. The minimum atomic E-state index is -0.121. The van der Waals surface area contributed by atoms with E-state index in [1.807, 2.05) is 77.3 Å². The number of carbonyl (C=O) groups is 1. The number of anilines is 1. The predicted octanol–water partition coefficient (Wildman–Crippen LogP) is 6.12. The lowest BCUT2D eigenvalue weighted by Gasteiger charge is -2.18. The maximum absolute atomic E-state index is 12.9. The minimum Gasteiger partial charge on any atom is -0.381 e. The lowest BCUT2D eigenvalue weighted by atomic mass is 10.0. The van der Waals surface area contributed by atoms with E-state index in [-0.39, 0.29) is 5.91 Å². The van der Waals surface area contributed by atoms with Gasteiger partial charge < -0.3 is 10.6 Å². The molecule has 0 spiro atoms. The van der Waals surface area contributed by atoms with Crippen LogP contribution in [0.15, 0.2) is 70.8 Å². The quantitative estimate of drug-likeness (QED) is 0.416. The number of pyridine rings is 1. The second-order valence-electron chi connectivity index (χ2n) is 6.68. The van der Waals surface area contributed by atoms with Crippen molar-refractivity contribution in [3.8, 4) is 0 Å². The molecule has 1 amide bonds. The monoisotopic (exact) mass is 497 g/mol. The number of amides is 1.